The molecule has 2 aliphatic heterocycles. The molecule has 2 fully saturated rings. The van der Waals surface area contributed by atoms with Crippen molar-refractivity contribution in [2.75, 3.05) is 26.4 Å². The summed E-state index contributed by atoms with van der Waals surface area (Å²) < 4.78 is 33.6. The van der Waals surface area contributed by atoms with Crippen molar-refractivity contribution in [2.45, 2.75) is 293 Å². The number of aliphatic hydroxyl groups is 7. The Hall–Kier alpha value is -2.28. The summed E-state index contributed by atoms with van der Waals surface area (Å²) in [6, 6.07) is 0. The van der Waals surface area contributed by atoms with Crippen LogP contribution in [0.5, 0.6) is 0 Å². The topological polar surface area (TPSA) is 231 Å². The molecule has 7 N–H and O–H groups in total. The molecule has 0 amide bonds. The first-order chi connectivity index (χ1) is 35.5. The van der Waals surface area contributed by atoms with Crippen molar-refractivity contribution >= 4 is 11.9 Å². The molecule has 15 heteroatoms. The van der Waals surface area contributed by atoms with E-state index in [1.165, 1.54) is 135 Å². The maximum absolute atomic E-state index is 13.1. The summed E-state index contributed by atoms with van der Waals surface area (Å²) in [4.78, 5) is 25.8. The molecule has 2 saturated heterocycles. The lowest BCUT2D eigenvalue weighted by atomic mass is 9.98. The normalized spacial score (nSPS) is 25.1. The number of aliphatic hydroxyl groups excluding tert-OH is 7. The van der Waals surface area contributed by atoms with Crippen LogP contribution >= 0.6 is 0 Å². The van der Waals surface area contributed by atoms with Gasteiger partial charge in [0, 0.05) is 12.8 Å². The van der Waals surface area contributed by atoms with E-state index in [0.717, 1.165) is 51.4 Å². The van der Waals surface area contributed by atoms with Gasteiger partial charge < -0.3 is 64.2 Å². The van der Waals surface area contributed by atoms with Crippen molar-refractivity contribution in [3.05, 3.63) is 36.5 Å². The van der Waals surface area contributed by atoms with Gasteiger partial charge in [-0.15, -0.1) is 0 Å². The molecule has 426 valence electrons. The highest BCUT2D eigenvalue weighted by Crippen LogP contribution is 2.27. The van der Waals surface area contributed by atoms with Crippen molar-refractivity contribution < 1.29 is 73.8 Å². The van der Waals surface area contributed by atoms with Crippen LogP contribution in [0.3, 0.4) is 0 Å². The Morgan fingerprint density at radius 3 is 1.32 bits per heavy atom. The molecule has 2 aliphatic rings. The SMILES string of the molecule is CCCCC/C=C/C/C=C/C/C=C/CCCCC(=O)OC[C@H](CO[C@H]1O[C@@H](CO[C@H]2O[C@@H](CO)[C@@H](O)C(O)C2O)[C@@H](O)C(O)C1O)OC(=O)CCCCCCCCCCCCCCCCCCCCCCCC. The monoisotopic (exact) mass is 1040 g/mol. The molecule has 0 aromatic heterocycles. The molecule has 15 nitrogen and oxygen atoms in total. The summed E-state index contributed by atoms with van der Waals surface area (Å²) >= 11 is 0. The number of esters is 2. The van der Waals surface area contributed by atoms with Crippen molar-refractivity contribution in [3.63, 3.8) is 0 Å². The van der Waals surface area contributed by atoms with Crippen LogP contribution < -0.4 is 0 Å². The zero-order chi connectivity index (χ0) is 53.2. The smallest absolute Gasteiger partial charge is 0.306 e. The summed E-state index contributed by atoms with van der Waals surface area (Å²) in [6.07, 6.45) is 33.2. The minimum Gasteiger partial charge on any atom is -0.462 e. The molecule has 2 rings (SSSR count). The highest BCUT2D eigenvalue weighted by molar-refractivity contribution is 5.70. The van der Waals surface area contributed by atoms with Crippen molar-refractivity contribution in [1.82, 2.24) is 0 Å². The van der Waals surface area contributed by atoms with Crippen LogP contribution in [0.25, 0.3) is 0 Å². The van der Waals surface area contributed by atoms with Gasteiger partial charge in [-0.25, -0.2) is 0 Å². The number of allylic oxidation sites excluding steroid dienone is 6. The second-order valence-electron chi connectivity index (χ2n) is 20.5. The number of carbonyl (C=O) groups is 2. The van der Waals surface area contributed by atoms with Crippen molar-refractivity contribution in [3.8, 4) is 0 Å². The van der Waals surface area contributed by atoms with E-state index in [-0.39, 0.29) is 19.4 Å². The largest absolute Gasteiger partial charge is 0.462 e. The standard InChI is InChI=1S/C58H104O15/c1-3-5-7-9-11-13-15-17-19-20-21-22-23-24-25-27-29-31-33-35-37-39-41-50(61)71-46(43-68-49(60)40-38-36-34-32-30-28-26-18-16-14-12-10-8-6-4-2)44-69-57-56(67)54(65)52(63)48(73-57)45-70-58-55(66)53(64)51(62)47(42-59)72-58/h12,14,18,26,30,32,46-48,51-59,62-67H,3-11,13,15-17,19-25,27-29,31,33-45H2,1-2H3/b14-12+,26-18+,32-30+/t46-,47+,48+,51-,52-,53?,54?,55?,56?,57+,58+/m1/s1. The third kappa shape index (κ3) is 32.2. The molecule has 0 aliphatic carbocycles. The Labute approximate surface area is 440 Å². The van der Waals surface area contributed by atoms with Crippen molar-refractivity contribution in [1.29, 1.82) is 0 Å². The average molecular weight is 1040 g/mol. The first-order valence-electron chi connectivity index (χ1n) is 29.1. The molecule has 2 heterocycles. The number of hydrogen-bond acceptors (Lipinski definition) is 15. The zero-order valence-electron chi connectivity index (χ0n) is 45.4. The van der Waals surface area contributed by atoms with E-state index in [4.69, 9.17) is 28.4 Å². The quantitative estimate of drug-likeness (QED) is 0.0171. The van der Waals surface area contributed by atoms with Gasteiger partial charge >= 0.3 is 11.9 Å². The van der Waals surface area contributed by atoms with Gasteiger partial charge in [-0.05, 0) is 51.4 Å². The van der Waals surface area contributed by atoms with Gasteiger partial charge in [0.1, 0.15) is 55.4 Å². The van der Waals surface area contributed by atoms with Crippen molar-refractivity contribution in [2.24, 2.45) is 0 Å². The van der Waals surface area contributed by atoms with E-state index in [1.807, 2.05) is 0 Å². The molecule has 0 bridgehead atoms. The zero-order valence-corrected chi connectivity index (χ0v) is 45.4. The van der Waals surface area contributed by atoms with Crippen LogP contribution in [-0.2, 0) is 38.0 Å². The third-order valence-electron chi connectivity index (χ3n) is 13.9. The van der Waals surface area contributed by atoms with E-state index in [1.54, 1.807) is 0 Å². The van der Waals surface area contributed by atoms with Gasteiger partial charge in [-0.2, -0.15) is 0 Å². The lowest BCUT2D eigenvalue weighted by Crippen LogP contribution is -2.61. The van der Waals surface area contributed by atoms with Gasteiger partial charge in [0.05, 0.1) is 19.8 Å². The molecule has 4 unspecified atom stereocenters. The van der Waals surface area contributed by atoms with E-state index in [2.05, 4.69) is 50.3 Å². The van der Waals surface area contributed by atoms with Crippen LogP contribution in [0.15, 0.2) is 36.5 Å². The van der Waals surface area contributed by atoms with Crippen LogP contribution in [0, 0.1) is 0 Å². The maximum atomic E-state index is 13.1. The van der Waals surface area contributed by atoms with Gasteiger partial charge in [-0.3, -0.25) is 9.59 Å². The number of carbonyl (C=O) groups excluding carboxylic acids is 2. The van der Waals surface area contributed by atoms with E-state index >= 15 is 0 Å². The Balaban J connectivity index is 1.75. The number of ether oxygens (including phenoxy) is 6. The Kier molecular flexibility index (Phi) is 41.0. The third-order valence-corrected chi connectivity index (χ3v) is 13.9. The lowest BCUT2D eigenvalue weighted by molar-refractivity contribution is -0.332. The van der Waals surface area contributed by atoms with E-state index in [9.17, 15) is 45.3 Å². The summed E-state index contributed by atoms with van der Waals surface area (Å²) in [7, 11) is 0. The molecular weight excluding hydrogens is 937 g/mol. The highest BCUT2D eigenvalue weighted by Gasteiger charge is 2.47. The second-order valence-corrected chi connectivity index (χ2v) is 20.5. The Morgan fingerprint density at radius 2 is 0.822 bits per heavy atom. The maximum Gasteiger partial charge on any atom is 0.306 e. The van der Waals surface area contributed by atoms with Gasteiger partial charge in [-0.1, -0.05) is 198 Å². The average Bonchev–Trinajstić information content (AvgIpc) is 3.38. The summed E-state index contributed by atoms with van der Waals surface area (Å²) in [6.45, 7) is 2.56. The van der Waals surface area contributed by atoms with Crippen LogP contribution in [0.2, 0.25) is 0 Å². The van der Waals surface area contributed by atoms with Crippen LogP contribution in [-0.4, -0.2) is 142 Å². The minimum atomic E-state index is -1.77. The predicted molar refractivity (Wildman–Crippen MR) is 284 cm³/mol. The number of rotatable bonds is 46. The van der Waals surface area contributed by atoms with Crippen LogP contribution in [0.4, 0.5) is 0 Å². The van der Waals surface area contributed by atoms with E-state index in [0.29, 0.717) is 12.8 Å². The second kappa shape index (κ2) is 44.8. The summed E-state index contributed by atoms with van der Waals surface area (Å²) in [5.74, 6) is -0.960. The van der Waals surface area contributed by atoms with Crippen LogP contribution in [0.1, 0.15) is 226 Å². The van der Waals surface area contributed by atoms with E-state index < -0.39 is 99.3 Å². The molecule has 73 heavy (non-hydrogen) atoms. The highest BCUT2D eigenvalue weighted by atomic mass is 16.7. The minimum absolute atomic E-state index is 0.161. The number of hydrogen-bond donors (Lipinski definition) is 7. The van der Waals surface area contributed by atoms with Gasteiger partial charge in [0.15, 0.2) is 18.7 Å². The molecule has 11 atom stereocenters. The first kappa shape index (κ1) is 66.8. The summed E-state index contributed by atoms with van der Waals surface area (Å²) in [5, 5.41) is 72.2. The number of unbranched alkanes of at least 4 members (excludes halogenated alkanes) is 26. The summed E-state index contributed by atoms with van der Waals surface area (Å²) in [5.41, 5.74) is 0. The fourth-order valence-corrected chi connectivity index (χ4v) is 9.11. The molecule has 0 aromatic carbocycles. The predicted octanol–water partition coefficient (Wildman–Crippen LogP) is 9.66. The molecule has 0 saturated carbocycles. The molecule has 0 spiro atoms. The van der Waals surface area contributed by atoms with Gasteiger partial charge in [0.2, 0.25) is 0 Å². The Bertz CT molecular complexity index is 1410. The molecule has 0 aromatic rings. The fourth-order valence-electron chi connectivity index (χ4n) is 9.11. The van der Waals surface area contributed by atoms with Gasteiger partial charge in [0.25, 0.3) is 0 Å². The molecule has 0 radical (unpaired) electrons. The first-order valence-corrected chi connectivity index (χ1v) is 29.1. The molecular formula is C58H104O15. The lowest BCUT2D eigenvalue weighted by Gasteiger charge is -2.42. The Morgan fingerprint density at radius 1 is 0.438 bits per heavy atom. The fraction of sp³-hybridized carbons (Fsp3) is 0.862.